The Hall–Kier alpha value is -0.700. The van der Waals surface area contributed by atoms with Crippen LogP contribution in [0.1, 0.15) is 51.5 Å². The van der Waals surface area contributed by atoms with Crippen molar-refractivity contribution < 1.29 is 0 Å². The fraction of sp³-hybridized carbons (Fsp3) is 0.579. The van der Waals surface area contributed by atoms with Crippen LogP contribution in [-0.4, -0.2) is 19.6 Å². The van der Waals surface area contributed by atoms with E-state index in [0.29, 0.717) is 0 Å². The van der Waals surface area contributed by atoms with Crippen molar-refractivity contribution in [1.82, 2.24) is 5.32 Å². The number of benzene rings is 1. The lowest BCUT2D eigenvalue weighted by atomic mass is 9.97. The van der Waals surface area contributed by atoms with Crippen LogP contribution in [0.25, 0.3) is 0 Å². The zero-order valence-corrected chi connectivity index (χ0v) is 16.1. The molecule has 0 aliphatic heterocycles. The van der Waals surface area contributed by atoms with Crippen molar-refractivity contribution >= 4 is 30.5 Å². The summed E-state index contributed by atoms with van der Waals surface area (Å²) in [7, 11) is 0. The molecule has 1 aromatic carbocycles. The third kappa shape index (κ3) is 7.60. The van der Waals surface area contributed by atoms with E-state index in [2.05, 4.69) is 54.4 Å². The smallest absolute Gasteiger partial charge is 0.0366 e. The molecule has 0 heterocycles. The van der Waals surface area contributed by atoms with Crippen molar-refractivity contribution in [2.24, 2.45) is 0 Å². The van der Waals surface area contributed by atoms with Gasteiger partial charge in [0.25, 0.3) is 0 Å². The first-order valence-electron chi connectivity index (χ1n) is 8.56. The highest BCUT2D eigenvalue weighted by Gasteiger charge is 2.03. The van der Waals surface area contributed by atoms with E-state index < -0.39 is 0 Å². The lowest BCUT2D eigenvalue weighted by Crippen LogP contribution is -2.21. The fourth-order valence-corrected chi connectivity index (χ4v) is 3.03. The molecule has 0 aromatic heterocycles. The Morgan fingerprint density at radius 3 is 2.26 bits per heavy atom. The summed E-state index contributed by atoms with van der Waals surface area (Å²) in [6.45, 7) is 8.64. The average molecular weight is 359 g/mol. The highest BCUT2D eigenvalue weighted by atomic mass is 35.5. The standard InChI is InChI=1S/C19H30N2.2ClH/c1-3-21(4-2)19-12-10-18(11-13-19)16-20-15-14-17-8-6-5-7-9-17;;/h8,10-13,20H,3-7,9,14-16H2,1-2H3;2*1H. The Kier molecular flexibility index (Phi) is 12.3. The van der Waals surface area contributed by atoms with Crippen molar-refractivity contribution in [3.8, 4) is 0 Å². The Morgan fingerprint density at radius 2 is 1.70 bits per heavy atom. The highest BCUT2D eigenvalue weighted by Crippen LogP contribution is 2.19. The zero-order valence-electron chi connectivity index (χ0n) is 14.5. The molecular formula is C19H32Cl2N2. The molecule has 0 spiro atoms. The quantitative estimate of drug-likeness (QED) is 0.497. The Bertz CT molecular complexity index is 439. The first-order valence-corrected chi connectivity index (χ1v) is 8.56. The first kappa shape index (κ1) is 22.3. The van der Waals surface area contributed by atoms with Crippen LogP contribution >= 0.6 is 24.8 Å². The molecule has 132 valence electrons. The van der Waals surface area contributed by atoms with Gasteiger partial charge < -0.3 is 10.2 Å². The molecule has 0 saturated carbocycles. The summed E-state index contributed by atoms with van der Waals surface area (Å²) >= 11 is 0. The summed E-state index contributed by atoms with van der Waals surface area (Å²) < 4.78 is 0. The van der Waals surface area contributed by atoms with Gasteiger partial charge in [0.2, 0.25) is 0 Å². The third-order valence-corrected chi connectivity index (χ3v) is 4.40. The van der Waals surface area contributed by atoms with Crippen LogP contribution in [-0.2, 0) is 6.54 Å². The van der Waals surface area contributed by atoms with E-state index in [0.717, 1.165) is 26.2 Å². The van der Waals surface area contributed by atoms with Gasteiger partial charge in [-0.25, -0.2) is 0 Å². The highest BCUT2D eigenvalue weighted by molar-refractivity contribution is 5.85. The molecule has 1 aromatic rings. The van der Waals surface area contributed by atoms with Gasteiger partial charge in [-0.2, -0.15) is 0 Å². The van der Waals surface area contributed by atoms with E-state index in [1.54, 1.807) is 5.57 Å². The van der Waals surface area contributed by atoms with Crippen LogP contribution in [0.3, 0.4) is 0 Å². The summed E-state index contributed by atoms with van der Waals surface area (Å²) in [4.78, 5) is 2.38. The van der Waals surface area contributed by atoms with E-state index in [9.17, 15) is 0 Å². The predicted octanol–water partition coefficient (Wildman–Crippen LogP) is 5.36. The SMILES string of the molecule is CCN(CC)c1ccc(CNCCC2=CCCCC2)cc1.Cl.Cl. The van der Waals surface area contributed by atoms with Gasteiger partial charge in [-0.05, 0) is 70.2 Å². The maximum absolute atomic E-state index is 3.57. The lowest BCUT2D eigenvalue weighted by Gasteiger charge is -2.21. The van der Waals surface area contributed by atoms with Crippen LogP contribution in [0.15, 0.2) is 35.9 Å². The molecule has 0 amide bonds. The Balaban J connectivity index is 0.00000242. The van der Waals surface area contributed by atoms with Gasteiger partial charge in [0.1, 0.15) is 0 Å². The topological polar surface area (TPSA) is 15.3 Å². The number of nitrogens with one attached hydrogen (secondary N) is 1. The Morgan fingerprint density at radius 1 is 1.00 bits per heavy atom. The molecule has 1 aliphatic carbocycles. The molecule has 0 fully saturated rings. The minimum absolute atomic E-state index is 0. The van der Waals surface area contributed by atoms with Gasteiger partial charge in [0.15, 0.2) is 0 Å². The third-order valence-electron chi connectivity index (χ3n) is 4.40. The molecule has 0 atom stereocenters. The molecule has 0 bridgehead atoms. The van der Waals surface area contributed by atoms with E-state index in [4.69, 9.17) is 0 Å². The van der Waals surface area contributed by atoms with Crippen molar-refractivity contribution in [3.05, 3.63) is 41.5 Å². The first-order chi connectivity index (χ1) is 10.3. The van der Waals surface area contributed by atoms with Crippen LogP contribution in [0.4, 0.5) is 5.69 Å². The summed E-state index contributed by atoms with van der Waals surface area (Å²) in [6.07, 6.45) is 9.05. The molecule has 0 radical (unpaired) electrons. The van der Waals surface area contributed by atoms with E-state index in [-0.39, 0.29) is 24.8 Å². The maximum Gasteiger partial charge on any atom is 0.0366 e. The predicted molar refractivity (Wildman–Crippen MR) is 107 cm³/mol. The van der Waals surface area contributed by atoms with Gasteiger partial charge in [-0.1, -0.05) is 23.8 Å². The van der Waals surface area contributed by atoms with Crippen molar-refractivity contribution in [1.29, 1.82) is 0 Å². The number of rotatable bonds is 8. The lowest BCUT2D eigenvalue weighted by molar-refractivity contribution is 0.632. The summed E-state index contributed by atoms with van der Waals surface area (Å²) in [5.74, 6) is 0. The van der Waals surface area contributed by atoms with Gasteiger partial charge in [0.05, 0.1) is 0 Å². The van der Waals surface area contributed by atoms with Crippen molar-refractivity contribution in [3.63, 3.8) is 0 Å². The minimum Gasteiger partial charge on any atom is -0.372 e. The van der Waals surface area contributed by atoms with E-state index in [1.165, 1.54) is 43.4 Å². The summed E-state index contributed by atoms with van der Waals surface area (Å²) in [5, 5.41) is 3.57. The molecule has 0 saturated heterocycles. The van der Waals surface area contributed by atoms with Crippen molar-refractivity contribution in [2.45, 2.75) is 52.5 Å². The molecule has 4 heteroatoms. The number of allylic oxidation sites excluding steroid dienone is 1. The van der Waals surface area contributed by atoms with E-state index >= 15 is 0 Å². The average Bonchev–Trinajstić information content (AvgIpc) is 2.55. The molecular weight excluding hydrogens is 327 g/mol. The number of anilines is 1. The fourth-order valence-electron chi connectivity index (χ4n) is 3.03. The van der Waals surface area contributed by atoms with Crippen molar-refractivity contribution in [2.75, 3.05) is 24.5 Å². The van der Waals surface area contributed by atoms with Crippen LogP contribution < -0.4 is 10.2 Å². The molecule has 23 heavy (non-hydrogen) atoms. The second-order valence-corrected chi connectivity index (χ2v) is 5.87. The molecule has 1 aliphatic rings. The summed E-state index contributed by atoms with van der Waals surface area (Å²) in [5.41, 5.74) is 4.37. The summed E-state index contributed by atoms with van der Waals surface area (Å²) in [6, 6.07) is 8.99. The number of hydrogen-bond donors (Lipinski definition) is 1. The largest absolute Gasteiger partial charge is 0.372 e. The van der Waals surface area contributed by atoms with E-state index in [1.807, 2.05) is 0 Å². The molecule has 2 nitrogen and oxygen atoms in total. The van der Waals surface area contributed by atoms with Gasteiger partial charge in [-0.15, -0.1) is 24.8 Å². The molecule has 0 unspecified atom stereocenters. The van der Waals surface area contributed by atoms with Gasteiger partial charge in [0, 0.05) is 25.3 Å². The zero-order chi connectivity index (χ0) is 14.9. The second-order valence-electron chi connectivity index (χ2n) is 5.87. The maximum atomic E-state index is 3.57. The van der Waals surface area contributed by atoms with Gasteiger partial charge in [-0.3, -0.25) is 0 Å². The molecule has 2 rings (SSSR count). The van der Waals surface area contributed by atoms with Crippen LogP contribution in [0, 0.1) is 0 Å². The Labute approximate surface area is 154 Å². The molecule has 1 N–H and O–H groups in total. The number of hydrogen-bond acceptors (Lipinski definition) is 2. The second kappa shape index (κ2) is 12.7. The monoisotopic (exact) mass is 358 g/mol. The minimum atomic E-state index is 0. The van der Waals surface area contributed by atoms with Crippen LogP contribution in [0.2, 0.25) is 0 Å². The van der Waals surface area contributed by atoms with Gasteiger partial charge >= 0.3 is 0 Å². The number of halogens is 2. The normalized spacial score (nSPS) is 13.6. The van der Waals surface area contributed by atoms with Crippen LogP contribution in [0.5, 0.6) is 0 Å². The number of nitrogens with zero attached hydrogens (tertiary/aromatic N) is 1.